The number of hydrogen-bond acceptors (Lipinski definition) is 5. The van der Waals surface area contributed by atoms with Gasteiger partial charge in [0.25, 0.3) is 0 Å². The van der Waals surface area contributed by atoms with E-state index in [1.54, 1.807) is 30.2 Å². The van der Waals surface area contributed by atoms with Crippen molar-refractivity contribution in [1.29, 1.82) is 0 Å². The van der Waals surface area contributed by atoms with Gasteiger partial charge in [-0.2, -0.15) is 0 Å². The van der Waals surface area contributed by atoms with E-state index in [1.807, 2.05) is 24.3 Å². The summed E-state index contributed by atoms with van der Waals surface area (Å²) < 4.78 is 5.26. The van der Waals surface area contributed by atoms with Gasteiger partial charge in [0.1, 0.15) is 5.75 Å². The largest absolute Gasteiger partial charge is 0.495 e. The average molecular weight is 465 g/mol. The first-order valence-electron chi connectivity index (χ1n) is 10.1. The number of ether oxygens (including phenoxy) is 1. The van der Waals surface area contributed by atoms with Crippen molar-refractivity contribution in [1.82, 2.24) is 10.2 Å². The van der Waals surface area contributed by atoms with Crippen molar-refractivity contribution in [2.24, 2.45) is 0 Å². The van der Waals surface area contributed by atoms with Crippen molar-refractivity contribution in [3.8, 4) is 5.75 Å². The number of carbonyl (C=O) groups excluding carboxylic acids is 2. The highest BCUT2D eigenvalue weighted by atomic mass is 35.5. The van der Waals surface area contributed by atoms with Gasteiger partial charge in [0.2, 0.25) is 11.8 Å². The summed E-state index contributed by atoms with van der Waals surface area (Å²) in [6, 6.07) is 12.9. The topological polar surface area (TPSA) is 73.9 Å². The number of hydrogen-bond donors (Lipinski definition) is 2. The fourth-order valence-corrected chi connectivity index (χ4v) is 3.67. The van der Waals surface area contributed by atoms with Gasteiger partial charge in [0, 0.05) is 54.9 Å². The number of amides is 2. The van der Waals surface area contributed by atoms with Crippen LogP contribution in [0.1, 0.15) is 6.42 Å². The summed E-state index contributed by atoms with van der Waals surface area (Å²) in [5, 5.41) is 7.11. The molecule has 1 saturated heterocycles. The quantitative estimate of drug-likeness (QED) is 0.626. The Balaban J connectivity index is 1.36. The van der Waals surface area contributed by atoms with Crippen LogP contribution in [0.5, 0.6) is 5.75 Å². The summed E-state index contributed by atoms with van der Waals surface area (Å²) >= 11 is 11.9. The van der Waals surface area contributed by atoms with Crippen molar-refractivity contribution in [3.63, 3.8) is 0 Å². The molecular formula is C22H26Cl2N4O3. The first kappa shape index (κ1) is 23.0. The fourth-order valence-electron chi connectivity index (χ4n) is 3.37. The second-order valence-corrected chi connectivity index (χ2v) is 8.02. The zero-order valence-electron chi connectivity index (χ0n) is 17.4. The van der Waals surface area contributed by atoms with Crippen LogP contribution in [0.4, 0.5) is 11.4 Å². The molecule has 2 aromatic carbocycles. The minimum atomic E-state index is -0.193. The molecule has 2 aromatic rings. The summed E-state index contributed by atoms with van der Waals surface area (Å²) in [5.74, 6) is 0.382. The lowest BCUT2D eigenvalue weighted by Gasteiger charge is -2.36. The van der Waals surface area contributed by atoms with Gasteiger partial charge in [-0.05, 0) is 42.5 Å². The van der Waals surface area contributed by atoms with Gasteiger partial charge in [-0.3, -0.25) is 9.59 Å². The third-order valence-corrected chi connectivity index (χ3v) is 5.58. The number of rotatable bonds is 8. The highest BCUT2D eigenvalue weighted by molar-refractivity contribution is 6.31. The lowest BCUT2D eigenvalue weighted by Crippen LogP contribution is -2.51. The number of anilines is 2. The Morgan fingerprint density at radius 3 is 2.35 bits per heavy atom. The predicted octanol–water partition coefficient (Wildman–Crippen LogP) is 3.27. The third-order valence-electron chi connectivity index (χ3n) is 5.09. The summed E-state index contributed by atoms with van der Waals surface area (Å²) in [4.78, 5) is 28.5. The number of nitrogens with one attached hydrogen (secondary N) is 2. The van der Waals surface area contributed by atoms with Crippen LogP contribution in [0, 0.1) is 0 Å². The van der Waals surface area contributed by atoms with E-state index in [0.29, 0.717) is 35.4 Å². The standard InChI is InChI=1S/C22H26Cl2N4O3/c1-31-20-7-4-17(24)14-19(20)25-9-8-21(29)26-15-22(30)28-12-10-27(11-13-28)18-5-2-16(23)3-6-18/h2-7,14,25H,8-13,15H2,1H3,(H,26,29). The summed E-state index contributed by atoms with van der Waals surface area (Å²) in [6.45, 7) is 3.12. The lowest BCUT2D eigenvalue weighted by atomic mass is 10.2. The molecule has 7 nitrogen and oxygen atoms in total. The molecule has 3 rings (SSSR count). The van der Waals surface area contributed by atoms with E-state index in [4.69, 9.17) is 27.9 Å². The van der Waals surface area contributed by atoms with E-state index in [1.165, 1.54) is 0 Å². The summed E-state index contributed by atoms with van der Waals surface area (Å²) in [7, 11) is 1.57. The molecular weight excluding hydrogens is 439 g/mol. The van der Waals surface area contributed by atoms with E-state index in [-0.39, 0.29) is 24.8 Å². The zero-order chi connectivity index (χ0) is 22.2. The Kier molecular flexibility index (Phi) is 8.26. The molecule has 0 saturated carbocycles. The van der Waals surface area contributed by atoms with E-state index in [2.05, 4.69) is 15.5 Å². The molecule has 0 bridgehead atoms. The molecule has 0 spiro atoms. The van der Waals surface area contributed by atoms with Gasteiger partial charge in [0.05, 0.1) is 19.3 Å². The first-order chi connectivity index (χ1) is 15.0. The molecule has 1 fully saturated rings. The van der Waals surface area contributed by atoms with Gasteiger partial charge in [-0.25, -0.2) is 0 Å². The average Bonchev–Trinajstić information content (AvgIpc) is 2.78. The molecule has 0 aliphatic carbocycles. The fraction of sp³-hybridized carbons (Fsp3) is 0.364. The Morgan fingerprint density at radius 1 is 1.00 bits per heavy atom. The van der Waals surface area contributed by atoms with Crippen molar-refractivity contribution in [3.05, 3.63) is 52.5 Å². The Labute approximate surface area is 192 Å². The molecule has 2 N–H and O–H groups in total. The lowest BCUT2D eigenvalue weighted by molar-refractivity contribution is -0.133. The molecule has 1 aliphatic heterocycles. The second kappa shape index (κ2) is 11.1. The number of piperazine rings is 1. The maximum atomic E-state index is 12.4. The van der Waals surface area contributed by atoms with Crippen LogP contribution in [0.3, 0.4) is 0 Å². The number of halogens is 2. The molecule has 166 valence electrons. The summed E-state index contributed by atoms with van der Waals surface area (Å²) in [6.07, 6.45) is 0.229. The Morgan fingerprint density at radius 2 is 1.68 bits per heavy atom. The number of nitrogens with zero attached hydrogens (tertiary/aromatic N) is 2. The van der Waals surface area contributed by atoms with Crippen molar-refractivity contribution in [2.45, 2.75) is 6.42 Å². The molecule has 9 heteroatoms. The highest BCUT2D eigenvalue weighted by Gasteiger charge is 2.21. The van der Waals surface area contributed by atoms with Crippen LogP contribution >= 0.6 is 23.2 Å². The summed E-state index contributed by atoms with van der Waals surface area (Å²) in [5.41, 5.74) is 1.81. The van der Waals surface area contributed by atoms with Crippen LogP contribution < -0.4 is 20.3 Å². The normalized spacial score (nSPS) is 13.6. The molecule has 1 aliphatic rings. The first-order valence-corrected chi connectivity index (χ1v) is 10.8. The zero-order valence-corrected chi connectivity index (χ0v) is 18.9. The number of benzene rings is 2. The Bertz CT molecular complexity index is 900. The molecule has 2 amide bonds. The molecule has 0 radical (unpaired) electrons. The van der Waals surface area contributed by atoms with E-state index < -0.39 is 0 Å². The highest BCUT2D eigenvalue weighted by Crippen LogP contribution is 2.27. The van der Waals surface area contributed by atoms with E-state index in [9.17, 15) is 9.59 Å². The van der Waals surface area contributed by atoms with Crippen molar-refractivity contribution < 1.29 is 14.3 Å². The molecule has 31 heavy (non-hydrogen) atoms. The van der Waals surface area contributed by atoms with Crippen LogP contribution in [-0.2, 0) is 9.59 Å². The predicted molar refractivity (Wildman–Crippen MR) is 124 cm³/mol. The van der Waals surface area contributed by atoms with E-state index >= 15 is 0 Å². The smallest absolute Gasteiger partial charge is 0.242 e. The second-order valence-electron chi connectivity index (χ2n) is 7.14. The van der Waals surface area contributed by atoms with Gasteiger partial charge in [-0.15, -0.1) is 0 Å². The van der Waals surface area contributed by atoms with Gasteiger partial charge in [-0.1, -0.05) is 23.2 Å². The maximum absolute atomic E-state index is 12.4. The van der Waals surface area contributed by atoms with Crippen LogP contribution in [0.25, 0.3) is 0 Å². The van der Waals surface area contributed by atoms with Crippen LogP contribution in [0.2, 0.25) is 10.0 Å². The minimum absolute atomic E-state index is 0.000262. The molecule has 0 unspecified atom stereocenters. The molecule has 0 atom stereocenters. The van der Waals surface area contributed by atoms with Crippen molar-refractivity contribution in [2.75, 3.05) is 56.6 Å². The van der Waals surface area contributed by atoms with Crippen molar-refractivity contribution >= 4 is 46.4 Å². The molecule has 1 heterocycles. The minimum Gasteiger partial charge on any atom is -0.495 e. The van der Waals surface area contributed by atoms with Crippen LogP contribution in [-0.4, -0.2) is 63.1 Å². The van der Waals surface area contributed by atoms with E-state index in [0.717, 1.165) is 24.5 Å². The maximum Gasteiger partial charge on any atom is 0.242 e. The third kappa shape index (κ3) is 6.67. The Hall–Kier alpha value is -2.64. The number of methoxy groups -OCH3 is 1. The van der Waals surface area contributed by atoms with Crippen LogP contribution in [0.15, 0.2) is 42.5 Å². The molecule has 0 aromatic heterocycles. The van der Waals surface area contributed by atoms with Gasteiger partial charge >= 0.3 is 0 Å². The monoisotopic (exact) mass is 464 g/mol. The number of carbonyl (C=O) groups is 2. The van der Waals surface area contributed by atoms with Gasteiger partial charge < -0.3 is 25.2 Å². The van der Waals surface area contributed by atoms with Gasteiger partial charge in [0.15, 0.2) is 0 Å². The SMILES string of the molecule is COc1ccc(Cl)cc1NCCC(=O)NCC(=O)N1CCN(c2ccc(Cl)cc2)CC1.